The third kappa shape index (κ3) is 2.02. The van der Waals surface area contributed by atoms with Crippen molar-refractivity contribution in [2.75, 3.05) is 11.6 Å². The van der Waals surface area contributed by atoms with Crippen LogP contribution in [0.2, 0.25) is 10.0 Å². The third-order valence-corrected chi connectivity index (χ3v) is 3.52. The van der Waals surface area contributed by atoms with Crippen molar-refractivity contribution in [2.45, 2.75) is 19.8 Å². The molecule has 4 nitrogen and oxygen atoms in total. The highest BCUT2D eigenvalue weighted by molar-refractivity contribution is 6.43. The fourth-order valence-electron chi connectivity index (χ4n) is 1.76. The van der Waals surface area contributed by atoms with Gasteiger partial charge in [0.2, 0.25) is 0 Å². The summed E-state index contributed by atoms with van der Waals surface area (Å²) in [5, 5.41) is 0.894. The van der Waals surface area contributed by atoms with Crippen LogP contribution >= 0.6 is 23.2 Å². The zero-order chi connectivity index (χ0) is 13.4. The number of rotatable bonds is 2. The number of benzene rings is 1. The van der Waals surface area contributed by atoms with Crippen LogP contribution < -0.4 is 11.6 Å². The van der Waals surface area contributed by atoms with Gasteiger partial charge in [-0.05, 0) is 6.07 Å². The van der Waals surface area contributed by atoms with E-state index >= 15 is 0 Å². The highest BCUT2D eigenvalue weighted by atomic mass is 35.5. The van der Waals surface area contributed by atoms with Crippen LogP contribution in [0.3, 0.4) is 0 Å². The van der Waals surface area contributed by atoms with Gasteiger partial charge in [-0.3, -0.25) is 0 Å². The third-order valence-electron chi connectivity index (χ3n) is 2.70. The highest BCUT2D eigenvalue weighted by Crippen LogP contribution is 2.36. The molecule has 0 amide bonds. The lowest BCUT2D eigenvalue weighted by Crippen LogP contribution is -2.16. The molecule has 18 heavy (non-hydrogen) atoms. The first-order valence-electron chi connectivity index (χ1n) is 5.51. The summed E-state index contributed by atoms with van der Waals surface area (Å²) in [6, 6.07) is 5.33. The summed E-state index contributed by atoms with van der Waals surface area (Å²) < 4.78 is 1.39. The van der Waals surface area contributed by atoms with Crippen molar-refractivity contribution in [1.82, 2.24) is 9.66 Å². The molecule has 0 saturated heterocycles. The SMILES string of the molecule is CC(C)c1nc(-c2cccc(Cl)c2Cl)c(N)n1N. The molecule has 0 bridgehead atoms. The maximum atomic E-state index is 6.16. The first-order valence-corrected chi connectivity index (χ1v) is 6.26. The molecule has 0 fully saturated rings. The van der Waals surface area contributed by atoms with E-state index in [9.17, 15) is 0 Å². The predicted octanol–water partition coefficient (Wildman–Crippen LogP) is 3.28. The van der Waals surface area contributed by atoms with Crippen LogP contribution in [0, 0.1) is 0 Å². The number of anilines is 1. The van der Waals surface area contributed by atoms with Gasteiger partial charge >= 0.3 is 0 Å². The zero-order valence-electron chi connectivity index (χ0n) is 10.1. The lowest BCUT2D eigenvalue weighted by atomic mass is 10.1. The molecule has 1 heterocycles. The lowest BCUT2D eigenvalue weighted by Gasteiger charge is -2.04. The maximum absolute atomic E-state index is 6.16. The minimum atomic E-state index is 0.170. The fourth-order valence-corrected chi connectivity index (χ4v) is 2.15. The number of nitrogens with zero attached hydrogens (tertiary/aromatic N) is 2. The molecular formula is C12H14Cl2N4. The van der Waals surface area contributed by atoms with Crippen LogP contribution in [0.15, 0.2) is 18.2 Å². The second kappa shape index (κ2) is 4.71. The Morgan fingerprint density at radius 3 is 2.50 bits per heavy atom. The van der Waals surface area contributed by atoms with E-state index in [1.807, 2.05) is 19.9 Å². The first kappa shape index (κ1) is 13.1. The molecule has 0 atom stereocenters. The number of nitrogens with two attached hydrogens (primary N) is 2. The number of hydrogen-bond acceptors (Lipinski definition) is 3. The Hall–Kier alpha value is -1.39. The molecule has 0 unspecified atom stereocenters. The number of hydrogen-bond donors (Lipinski definition) is 2. The van der Waals surface area contributed by atoms with E-state index in [-0.39, 0.29) is 5.92 Å². The Kier molecular flexibility index (Phi) is 3.41. The normalized spacial score (nSPS) is 11.2. The van der Waals surface area contributed by atoms with Gasteiger partial charge in [0.1, 0.15) is 11.5 Å². The van der Waals surface area contributed by atoms with Crippen LogP contribution in [-0.4, -0.2) is 9.66 Å². The molecule has 0 aliphatic carbocycles. The van der Waals surface area contributed by atoms with Crippen molar-refractivity contribution < 1.29 is 0 Å². The molecule has 2 aromatic rings. The average Bonchev–Trinajstić information content (AvgIpc) is 2.61. The minimum Gasteiger partial charge on any atom is -0.382 e. The van der Waals surface area contributed by atoms with Crippen LogP contribution in [0.4, 0.5) is 5.82 Å². The van der Waals surface area contributed by atoms with Gasteiger partial charge in [0.25, 0.3) is 0 Å². The van der Waals surface area contributed by atoms with Gasteiger partial charge < -0.3 is 11.6 Å². The lowest BCUT2D eigenvalue weighted by molar-refractivity contribution is 0.739. The van der Waals surface area contributed by atoms with Gasteiger partial charge in [-0.25, -0.2) is 9.66 Å². The quantitative estimate of drug-likeness (QED) is 0.832. The summed E-state index contributed by atoms with van der Waals surface area (Å²) in [7, 11) is 0. The molecule has 0 aliphatic heterocycles. The average molecular weight is 285 g/mol. The molecule has 4 N–H and O–H groups in total. The number of imidazole rings is 1. The Bertz CT molecular complexity index is 590. The van der Waals surface area contributed by atoms with E-state index < -0.39 is 0 Å². The second-order valence-corrected chi connectivity index (χ2v) is 5.12. The van der Waals surface area contributed by atoms with Crippen molar-refractivity contribution in [1.29, 1.82) is 0 Å². The second-order valence-electron chi connectivity index (χ2n) is 4.33. The monoisotopic (exact) mass is 284 g/mol. The molecule has 0 spiro atoms. The predicted molar refractivity (Wildman–Crippen MR) is 76.3 cm³/mol. The van der Waals surface area contributed by atoms with E-state index in [0.717, 1.165) is 0 Å². The minimum absolute atomic E-state index is 0.170. The Balaban J connectivity index is 2.65. The van der Waals surface area contributed by atoms with Gasteiger partial charge in [0.05, 0.1) is 10.0 Å². The van der Waals surface area contributed by atoms with E-state index in [4.69, 9.17) is 34.8 Å². The van der Waals surface area contributed by atoms with E-state index in [1.165, 1.54) is 4.68 Å². The summed E-state index contributed by atoms with van der Waals surface area (Å²) in [4.78, 5) is 4.45. The van der Waals surface area contributed by atoms with Crippen molar-refractivity contribution >= 4 is 29.0 Å². The van der Waals surface area contributed by atoms with Crippen LogP contribution in [0.1, 0.15) is 25.6 Å². The molecule has 0 saturated carbocycles. The van der Waals surface area contributed by atoms with Gasteiger partial charge in [-0.1, -0.05) is 49.2 Å². The molecule has 1 aromatic carbocycles. The summed E-state index contributed by atoms with van der Waals surface area (Å²) in [5.74, 6) is 7.14. The van der Waals surface area contributed by atoms with Crippen LogP contribution in [-0.2, 0) is 0 Å². The van der Waals surface area contributed by atoms with Crippen molar-refractivity contribution in [3.05, 3.63) is 34.1 Å². The molecule has 0 aliphatic rings. The van der Waals surface area contributed by atoms with Gasteiger partial charge in [-0.2, -0.15) is 0 Å². The van der Waals surface area contributed by atoms with Crippen molar-refractivity contribution in [2.24, 2.45) is 0 Å². The van der Waals surface area contributed by atoms with Gasteiger partial charge in [0.15, 0.2) is 5.82 Å². The molecule has 0 radical (unpaired) electrons. The summed E-state index contributed by atoms with van der Waals surface area (Å²) in [6.45, 7) is 3.99. The van der Waals surface area contributed by atoms with E-state index in [0.29, 0.717) is 32.9 Å². The molecular weight excluding hydrogens is 271 g/mol. The molecule has 1 aromatic heterocycles. The molecule has 96 valence electrons. The summed E-state index contributed by atoms with van der Waals surface area (Å²) in [6.07, 6.45) is 0. The van der Waals surface area contributed by atoms with Crippen molar-refractivity contribution in [3.8, 4) is 11.3 Å². The van der Waals surface area contributed by atoms with E-state index in [1.54, 1.807) is 12.1 Å². The topological polar surface area (TPSA) is 69.9 Å². The zero-order valence-corrected chi connectivity index (χ0v) is 11.6. The number of halogens is 2. The highest BCUT2D eigenvalue weighted by Gasteiger charge is 2.19. The standard InChI is InChI=1S/C12H14Cl2N4/c1-6(2)12-17-10(11(15)18(12)16)7-4-3-5-8(13)9(7)14/h3-6H,15-16H2,1-2H3. The Morgan fingerprint density at radius 1 is 1.28 bits per heavy atom. The Labute approximate surface area is 115 Å². The summed E-state index contributed by atoms with van der Waals surface area (Å²) >= 11 is 12.1. The van der Waals surface area contributed by atoms with Gasteiger partial charge in [-0.15, -0.1) is 0 Å². The first-order chi connectivity index (χ1) is 8.43. The largest absolute Gasteiger partial charge is 0.382 e. The van der Waals surface area contributed by atoms with Crippen molar-refractivity contribution in [3.63, 3.8) is 0 Å². The van der Waals surface area contributed by atoms with Gasteiger partial charge in [0, 0.05) is 11.5 Å². The van der Waals surface area contributed by atoms with Crippen LogP contribution in [0.25, 0.3) is 11.3 Å². The van der Waals surface area contributed by atoms with Crippen LogP contribution in [0.5, 0.6) is 0 Å². The summed E-state index contributed by atoms with van der Waals surface area (Å²) in [5.41, 5.74) is 7.22. The van der Waals surface area contributed by atoms with E-state index in [2.05, 4.69) is 4.98 Å². The number of nitrogen functional groups attached to an aromatic ring is 2. The number of aromatic nitrogens is 2. The molecule has 6 heteroatoms. The fraction of sp³-hybridized carbons (Fsp3) is 0.250. The Morgan fingerprint density at radius 2 is 1.94 bits per heavy atom. The maximum Gasteiger partial charge on any atom is 0.150 e. The molecule has 2 rings (SSSR count). The smallest absolute Gasteiger partial charge is 0.150 e.